The van der Waals surface area contributed by atoms with Gasteiger partial charge in [0.05, 0.1) is 5.56 Å². The zero-order chi connectivity index (χ0) is 12.4. The maximum atomic E-state index is 8.81. The molecule has 2 rings (SSSR count). The van der Waals surface area contributed by atoms with Crippen LogP contribution >= 0.6 is 0 Å². The molecule has 0 saturated carbocycles. The predicted molar refractivity (Wildman–Crippen MR) is 63.3 cm³/mol. The van der Waals surface area contributed by atoms with Crippen molar-refractivity contribution in [3.05, 3.63) is 41.6 Å². The molecule has 0 saturated heterocycles. The molecule has 3 N–H and O–H groups in total. The Morgan fingerprint density at radius 2 is 2.12 bits per heavy atom. The van der Waals surface area contributed by atoms with Gasteiger partial charge in [0.15, 0.2) is 5.84 Å². The molecule has 2 heterocycles. The summed E-state index contributed by atoms with van der Waals surface area (Å²) in [4.78, 5) is 8.39. The van der Waals surface area contributed by atoms with Gasteiger partial charge in [-0.15, -0.1) is 0 Å². The number of rotatable bonds is 2. The lowest BCUT2D eigenvalue weighted by Gasteiger charge is -2.11. The van der Waals surface area contributed by atoms with Crippen LogP contribution in [0.5, 0.6) is 0 Å². The van der Waals surface area contributed by atoms with Crippen molar-refractivity contribution in [2.24, 2.45) is 10.9 Å². The zero-order valence-electron chi connectivity index (χ0n) is 9.62. The number of aromatic nitrogens is 3. The third-order valence-electron chi connectivity index (χ3n) is 2.56. The summed E-state index contributed by atoms with van der Waals surface area (Å²) in [5.41, 5.74) is 7.17. The zero-order valence-corrected chi connectivity index (χ0v) is 9.62. The lowest BCUT2D eigenvalue weighted by Crippen LogP contribution is -2.19. The van der Waals surface area contributed by atoms with Gasteiger partial charge >= 0.3 is 0 Å². The van der Waals surface area contributed by atoms with Gasteiger partial charge in [-0.05, 0) is 25.5 Å². The van der Waals surface area contributed by atoms with E-state index < -0.39 is 0 Å². The summed E-state index contributed by atoms with van der Waals surface area (Å²) in [6.45, 7) is 3.74. The molecule has 0 unspecified atom stereocenters. The third-order valence-corrected chi connectivity index (χ3v) is 2.56. The van der Waals surface area contributed by atoms with Crippen molar-refractivity contribution in [3.8, 4) is 5.82 Å². The van der Waals surface area contributed by atoms with Crippen LogP contribution in [-0.2, 0) is 0 Å². The molecule has 6 heteroatoms. The van der Waals surface area contributed by atoms with Crippen LogP contribution < -0.4 is 5.73 Å². The van der Waals surface area contributed by atoms with E-state index in [-0.39, 0.29) is 5.84 Å². The smallest absolute Gasteiger partial charge is 0.174 e. The number of nitrogens with two attached hydrogens (primary N) is 1. The Morgan fingerprint density at radius 1 is 1.35 bits per heavy atom. The standard InChI is InChI=1S/C11H13N5O/c1-7-3-4-14-11(9(7)10(12)15-17)16-6-5-13-8(16)2/h3-6,17H,1-2H3,(H2,12,15). The van der Waals surface area contributed by atoms with Gasteiger partial charge in [-0.2, -0.15) is 0 Å². The summed E-state index contributed by atoms with van der Waals surface area (Å²) < 4.78 is 1.79. The van der Waals surface area contributed by atoms with Crippen LogP contribution in [0.2, 0.25) is 0 Å². The minimum atomic E-state index is 0.0405. The molecule has 0 aliphatic heterocycles. The van der Waals surface area contributed by atoms with E-state index >= 15 is 0 Å². The number of nitrogens with zero attached hydrogens (tertiary/aromatic N) is 4. The molecule has 0 amide bonds. The van der Waals surface area contributed by atoms with E-state index in [1.54, 1.807) is 23.2 Å². The number of amidine groups is 1. The Hall–Kier alpha value is -2.37. The van der Waals surface area contributed by atoms with E-state index in [9.17, 15) is 0 Å². The molecule has 0 spiro atoms. The molecule has 2 aromatic rings. The molecular weight excluding hydrogens is 218 g/mol. The van der Waals surface area contributed by atoms with E-state index in [2.05, 4.69) is 15.1 Å². The highest BCUT2D eigenvalue weighted by atomic mass is 16.4. The van der Waals surface area contributed by atoms with E-state index in [1.807, 2.05) is 19.9 Å². The highest BCUT2D eigenvalue weighted by molar-refractivity contribution is 6.01. The number of hydrogen-bond donors (Lipinski definition) is 2. The summed E-state index contributed by atoms with van der Waals surface area (Å²) in [7, 11) is 0. The second-order valence-electron chi connectivity index (χ2n) is 3.66. The second-order valence-corrected chi connectivity index (χ2v) is 3.66. The fourth-order valence-electron chi connectivity index (χ4n) is 1.69. The van der Waals surface area contributed by atoms with Crippen LogP contribution in [0, 0.1) is 13.8 Å². The van der Waals surface area contributed by atoms with E-state index in [0.717, 1.165) is 11.4 Å². The first-order valence-corrected chi connectivity index (χ1v) is 5.09. The molecule has 0 radical (unpaired) electrons. The van der Waals surface area contributed by atoms with Crippen LogP contribution in [-0.4, -0.2) is 25.6 Å². The molecule has 0 aliphatic carbocycles. The maximum absolute atomic E-state index is 8.81. The number of pyridine rings is 1. The minimum Gasteiger partial charge on any atom is -0.409 e. The monoisotopic (exact) mass is 231 g/mol. The number of hydrogen-bond acceptors (Lipinski definition) is 4. The summed E-state index contributed by atoms with van der Waals surface area (Å²) in [5, 5.41) is 11.9. The summed E-state index contributed by atoms with van der Waals surface area (Å²) in [5.74, 6) is 1.43. The Bertz CT molecular complexity index is 573. The van der Waals surface area contributed by atoms with Gasteiger partial charge in [0.25, 0.3) is 0 Å². The Labute approximate surface area is 98.4 Å². The number of imidazole rings is 1. The molecule has 0 atom stereocenters. The lowest BCUT2D eigenvalue weighted by atomic mass is 10.1. The molecule has 88 valence electrons. The van der Waals surface area contributed by atoms with Gasteiger partial charge in [-0.1, -0.05) is 5.16 Å². The highest BCUT2D eigenvalue weighted by Crippen LogP contribution is 2.16. The molecule has 0 aromatic carbocycles. The lowest BCUT2D eigenvalue weighted by molar-refractivity contribution is 0.318. The largest absolute Gasteiger partial charge is 0.409 e. The number of aryl methyl sites for hydroxylation is 2. The molecule has 0 bridgehead atoms. The van der Waals surface area contributed by atoms with Crippen LogP contribution in [0.3, 0.4) is 0 Å². The summed E-state index contributed by atoms with van der Waals surface area (Å²) in [6, 6.07) is 1.81. The number of oxime groups is 1. The van der Waals surface area contributed by atoms with Crippen molar-refractivity contribution in [2.75, 3.05) is 0 Å². The average molecular weight is 231 g/mol. The Morgan fingerprint density at radius 3 is 2.71 bits per heavy atom. The quantitative estimate of drug-likeness (QED) is 0.349. The van der Waals surface area contributed by atoms with Crippen molar-refractivity contribution in [2.45, 2.75) is 13.8 Å². The van der Waals surface area contributed by atoms with Crippen molar-refractivity contribution in [1.82, 2.24) is 14.5 Å². The topological polar surface area (TPSA) is 89.3 Å². The van der Waals surface area contributed by atoms with E-state index in [0.29, 0.717) is 11.4 Å². The Kier molecular flexibility index (Phi) is 2.78. The van der Waals surface area contributed by atoms with Gasteiger partial charge in [0, 0.05) is 18.6 Å². The minimum absolute atomic E-state index is 0.0405. The Balaban J connectivity index is 2.71. The summed E-state index contributed by atoms with van der Waals surface area (Å²) in [6.07, 6.45) is 5.14. The van der Waals surface area contributed by atoms with Crippen LogP contribution in [0.4, 0.5) is 0 Å². The van der Waals surface area contributed by atoms with Gasteiger partial charge in [-0.25, -0.2) is 9.97 Å². The maximum Gasteiger partial charge on any atom is 0.174 e. The molecule has 17 heavy (non-hydrogen) atoms. The SMILES string of the molecule is Cc1ccnc(-n2ccnc2C)c1/C(N)=N/O. The molecule has 2 aromatic heterocycles. The van der Waals surface area contributed by atoms with Crippen molar-refractivity contribution < 1.29 is 5.21 Å². The van der Waals surface area contributed by atoms with E-state index in [4.69, 9.17) is 10.9 Å². The average Bonchev–Trinajstić information content (AvgIpc) is 2.74. The fraction of sp³-hybridized carbons (Fsp3) is 0.182. The normalized spacial score (nSPS) is 11.8. The van der Waals surface area contributed by atoms with Gasteiger partial charge < -0.3 is 10.9 Å². The molecule has 0 aliphatic rings. The predicted octanol–water partition coefficient (Wildman–Crippen LogP) is 0.979. The van der Waals surface area contributed by atoms with Crippen molar-refractivity contribution in [3.63, 3.8) is 0 Å². The first-order chi connectivity index (χ1) is 8.15. The van der Waals surface area contributed by atoms with E-state index in [1.165, 1.54) is 0 Å². The highest BCUT2D eigenvalue weighted by Gasteiger charge is 2.14. The molecule has 6 nitrogen and oxygen atoms in total. The summed E-state index contributed by atoms with van der Waals surface area (Å²) >= 11 is 0. The van der Waals surface area contributed by atoms with Gasteiger partial charge in [-0.3, -0.25) is 4.57 Å². The molecular formula is C11H13N5O. The van der Waals surface area contributed by atoms with Crippen LogP contribution in [0.1, 0.15) is 17.0 Å². The van der Waals surface area contributed by atoms with Crippen LogP contribution in [0.25, 0.3) is 5.82 Å². The van der Waals surface area contributed by atoms with Crippen molar-refractivity contribution >= 4 is 5.84 Å². The third kappa shape index (κ3) is 1.84. The van der Waals surface area contributed by atoms with Crippen molar-refractivity contribution in [1.29, 1.82) is 0 Å². The first-order valence-electron chi connectivity index (χ1n) is 5.09. The van der Waals surface area contributed by atoms with Crippen LogP contribution in [0.15, 0.2) is 29.8 Å². The second kappa shape index (κ2) is 4.25. The van der Waals surface area contributed by atoms with Gasteiger partial charge in [0.1, 0.15) is 11.6 Å². The fourth-order valence-corrected chi connectivity index (χ4v) is 1.69. The van der Waals surface area contributed by atoms with Gasteiger partial charge in [0.2, 0.25) is 0 Å². The molecule has 0 fully saturated rings. The first kappa shape index (κ1) is 11.1.